The highest BCUT2D eigenvalue weighted by Gasteiger charge is 2.80. The number of nitrogens with zero attached hydrogens (tertiary/aromatic N) is 3. The number of ether oxygens (including phenoxy) is 1. The molecular weight excluding hydrogens is 454 g/mol. The zero-order valence-corrected chi connectivity index (χ0v) is 19.7. The van der Waals surface area contributed by atoms with Crippen molar-refractivity contribution in [2.24, 2.45) is 10.8 Å². The molecule has 0 spiro atoms. The summed E-state index contributed by atoms with van der Waals surface area (Å²) in [6, 6.07) is 4.75. The fourth-order valence-electron chi connectivity index (χ4n) is 5.96. The smallest absolute Gasteiger partial charge is 0.324 e. The van der Waals surface area contributed by atoms with Crippen LogP contribution in [0.15, 0.2) is 30.3 Å². The van der Waals surface area contributed by atoms with Gasteiger partial charge in [0.2, 0.25) is 17.7 Å². The SMILES string of the molecule is COc1ccc(/C=C/C(=O)N2CCN3C(=O)NC(=O)C4(C)C3C3N(CC2)C(=O)NC(=O)C34C)cc1. The van der Waals surface area contributed by atoms with E-state index in [0.717, 1.165) is 5.56 Å². The number of hydrogen-bond acceptors (Lipinski definition) is 6. The van der Waals surface area contributed by atoms with Crippen LogP contribution in [-0.2, 0) is 14.4 Å². The number of benzene rings is 1. The van der Waals surface area contributed by atoms with Gasteiger partial charge in [-0.05, 0) is 37.6 Å². The summed E-state index contributed by atoms with van der Waals surface area (Å²) in [7, 11) is 1.58. The quantitative estimate of drug-likeness (QED) is 0.602. The molecule has 0 radical (unpaired) electrons. The van der Waals surface area contributed by atoms with Gasteiger partial charge in [-0.3, -0.25) is 25.0 Å². The standard InChI is InChI=1S/C24H27N5O6/c1-23-17-18-24(23,2)20(32)26-22(34)29(18)13-11-27(10-12-28(17)21(33)25-19(23)31)16(30)9-6-14-4-7-15(35-3)8-5-14/h4-9,17-18H,10-13H2,1-3H3,(H,25,31,33)(H,26,32,34)/b9-6+. The molecule has 2 N–H and O–H groups in total. The minimum absolute atomic E-state index is 0.164. The van der Waals surface area contributed by atoms with E-state index in [9.17, 15) is 24.0 Å². The summed E-state index contributed by atoms with van der Waals surface area (Å²) in [5.74, 6) is -0.621. The minimum Gasteiger partial charge on any atom is -0.497 e. The molecule has 11 nitrogen and oxygen atoms in total. The largest absolute Gasteiger partial charge is 0.497 e. The van der Waals surface area contributed by atoms with Gasteiger partial charge in [-0.1, -0.05) is 12.1 Å². The average molecular weight is 482 g/mol. The van der Waals surface area contributed by atoms with Crippen molar-refractivity contribution in [3.05, 3.63) is 35.9 Å². The lowest BCUT2D eigenvalue weighted by Gasteiger charge is -2.71. The Labute approximate surface area is 202 Å². The number of carbonyl (C=O) groups is 5. The zero-order valence-electron chi connectivity index (χ0n) is 19.7. The summed E-state index contributed by atoms with van der Waals surface area (Å²) in [5, 5.41) is 4.74. The van der Waals surface area contributed by atoms with Crippen molar-refractivity contribution < 1.29 is 28.7 Å². The van der Waals surface area contributed by atoms with E-state index in [1.807, 2.05) is 12.1 Å². The molecule has 0 bridgehead atoms. The summed E-state index contributed by atoms with van der Waals surface area (Å²) in [6.45, 7) is 4.08. The van der Waals surface area contributed by atoms with Crippen molar-refractivity contribution in [3.63, 3.8) is 0 Å². The van der Waals surface area contributed by atoms with Crippen molar-refractivity contribution in [2.75, 3.05) is 33.3 Å². The van der Waals surface area contributed by atoms with E-state index in [1.54, 1.807) is 44.1 Å². The monoisotopic (exact) mass is 481 g/mol. The maximum atomic E-state index is 13.1. The zero-order chi connectivity index (χ0) is 25.1. The molecule has 1 aromatic rings. The van der Waals surface area contributed by atoms with E-state index >= 15 is 0 Å². The maximum Gasteiger partial charge on any atom is 0.324 e. The number of amides is 7. The Morgan fingerprint density at radius 2 is 1.37 bits per heavy atom. The Hall–Kier alpha value is -3.89. The topological polar surface area (TPSA) is 128 Å². The molecule has 3 heterocycles. The summed E-state index contributed by atoms with van der Waals surface area (Å²) < 4.78 is 5.14. The molecule has 1 aromatic carbocycles. The number of urea groups is 2. The Kier molecular flexibility index (Phi) is 5.11. The second-order valence-corrected chi connectivity index (χ2v) is 9.63. The van der Waals surface area contributed by atoms with Gasteiger partial charge in [-0.2, -0.15) is 0 Å². The lowest BCUT2D eigenvalue weighted by Crippen LogP contribution is -2.91. The normalized spacial score (nSPS) is 32.1. The van der Waals surface area contributed by atoms with Crippen molar-refractivity contribution in [2.45, 2.75) is 25.9 Å². The summed E-state index contributed by atoms with van der Waals surface area (Å²) in [6.07, 6.45) is 3.13. The number of carbonyl (C=O) groups excluding carboxylic acids is 5. The Morgan fingerprint density at radius 3 is 1.83 bits per heavy atom. The van der Waals surface area contributed by atoms with E-state index in [0.29, 0.717) is 5.75 Å². The number of fused-ring (bicyclic) bond motifs is 1. The van der Waals surface area contributed by atoms with Crippen LogP contribution in [0.5, 0.6) is 5.75 Å². The molecule has 4 fully saturated rings. The first-order valence-electron chi connectivity index (χ1n) is 11.5. The van der Waals surface area contributed by atoms with Crippen LogP contribution in [0.1, 0.15) is 19.4 Å². The number of imide groups is 2. The molecule has 11 heteroatoms. The van der Waals surface area contributed by atoms with Gasteiger partial charge in [0.05, 0.1) is 30.0 Å². The van der Waals surface area contributed by atoms with Crippen LogP contribution in [0.4, 0.5) is 9.59 Å². The Morgan fingerprint density at radius 1 is 0.886 bits per heavy atom. The molecule has 1 saturated carbocycles. The third-order valence-electron chi connectivity index (χ3n) is 8.21. The lowest BCUT2D eigenvalue weighted by atomic mass is 9.42. The van der Waals surface area contributed by atoms with Crippen LogP contribution >= 0.6 is 0 Å². The third kappa shape index (κ3) is 3.06. The van der Waals surface area contributed by atoms with Crippen molar-refractivity contribution >= 4 is 35.9 Å². The number of hydrogen-bond donors (Lipinski definition) is 2. The van der Waals surface area contributed by atoms with Crippen LogP contribution in [0.3, 0.4) is 0 Å². The molecule has 3 saturated heterocycles. The fourth-order valence-corrected chi connectivity index (χ4v) is 5.96. The predicted octanol–water partition coefficient (Wildman–Crippen LogP) is 0.418. The first kappa shape index (κ1) is 22.9. The van der Waals surface area contributed by atoms with Crippen molar-refractivity contribution in [1.29, 1.82) is 0 Å². The van der Waals surface area contributed by atoms with Gasteiger partial charge in [0, 0.05) is 32.3 Å². The molecule has 4 unspecified atom stereocenters. The van der Waals surface area contributed by atoms with Gasteiger partial charge in [-0.15, -0.1) is 0 Å². The predicted molar refractivity (Wildman–Crippen MR) is 123 cm³/mol. The Bertz CT molecular complexity index is 1110. The van der Waals surface area contributed by atoms with Gasteiger partial charge in [-0.25, -0.2) is 9.59 Å². The highest BCUT2D eigenvalue weighted by Crippen LogP contribution is 2.63. The second-order valence-electron chi connectivity index (χ2n) is 9.63. The third-order valence-corrected chi connectivity index (χ3v) is 8.21. The molecule has 35 heavy (non-hydrogen) atoms. The highest BCUT2D eigenvalue weighted by atomic mass is 16.5. The van der Waals surface area contributed by atoms with Crippen molar-refractivity contribution in [3.8, 4) is 5.75 Å². The van der Waals surface area contributed by atoms with Crippen molar-refractivity contribution in [1.82, 2.24) is 25.3 Å². The van der Waals surface area contributed by atoms with Crippen LogP contribution in [0.25, 0.3) is 6.08 Å². The van der Waals surface area contributed by atoms with Crippen LogP contribution < -0.4 is 15.4 Å². The van der Waals surface area contributed by atoms with E-state index in [2.05, 4.69) is 10.6 Å². The van der Waals surface area contributed by atoms with E-state index < -0.39 is 46.8 Å². The van der Waals surface area contributed by atoms with Crippen LogP contribution in [-0.4, -0.2) is 89.9 Å². The molecule has 4 atom stereocenters. The van der Waals surface area contributed by atoms with Gasteiger partial charge in [0.1, 0.15) is 5.75 Å². The lowest BCUT2D eigenvalue weighted by molar-refractivity contribution is -0.212. The molecule has 7 amide bonds. The summed E-state index contributed by atoms with van der Waals surface area (Å²) in [4.78, 5) is 69.1. The summed E-state index contributed by atoms with van der Waals surface area (Å²) >= 11 is 0. The molecule has 5 rings (SSSR count). The van der Waals surface area contributed by atoms with Crippen LogP contribution in [0.2, 0.25) is 0 Å². The van der Waals surface area contributed by atoms with E-state index in [1.165, 1.54) is 15.9 Å². The van der Waals surface area contributed by atoms with Gasteiger partial charge in [0.25, 0.3) is 0 Å². The number of rotatable bonds is 3. The van der Waals surface area contributed by atoms with Crippen LogP contribution in [0, 0.1) is 10.8 Å². The van der Waals surface area contributed by atoms with Gasteiger partial charge < -0.3 is 19.4 Å². The van der Waals surface area contributed by atoms with Gasteiger partial charge in [0.15, 0.2) is 0 Å². The first-order valence-corrected chi connectivity index (χ1v) is 11.5. The first-order chi connectivity index (χ1) is 16.6. The molecular formula is C24H27N5O6. The molecule has 0 aromatic heterocycles. The number of methoxy groups -OCH3 is 1. The highest BCUT2D eigenvalue weighted by molar-refractivity contribution is 6.10. The van der Waals surface area contributed by atoms with E-state index in [4.69, 9.17) is 4.74 Å². The fraction of sp³-hybridized carbons (Fsp3) is 0.458. The summed E-state index contributed by atoms with van der Waals surface area (Å²) in [5.41, 5.74) is -1.60. The molecule has 184 valence electrons. The average Bonchev–Trinajstić information content (AvgIpc) is 2.93. The second kappa shape index (κ2) is 7.82. The Balaban J connectivity index is 1.43. The minimum atomic E-state index is -1.21. The number of nitrogens with one attached hydrogen (secondary N) is 2. The molecule has 4 aliphatic rings. The van der Waals surface area contributed by atoms with Gasteiger partial charge >= 0.3 is 12.1 Å². The van der Waals surface area contributed by atoms with E-state index in [-0.39, 0.29) is 32.1 Å². The molecule has 1 aliphatic carbocycles. The maximum absolute atomic E-state index is 13.1. The molecule has 3 aliphatic heterocycles.